The molecule has 0 atom stereocenters. The number of hydrogen-bond acceptors (Lipinski definition) is 2. The summed E-state index contributed by atoms with van der Waals surface area (Å²) in [4.78, 5) is 12.0. The number of benzene rings is 1. The summed E-state index contributed by atoms with van der Waals surface area (Å²) in [5, 5.41) is 12.0. The van der Waals surface area contributed by atoms with Gasteiger partial charge in [-0.05, 0) is 36.8 Å². The number of nitriles is 1. The number of carbonyl (C=O) groups excluding carboxylic acids is 1. The lowest BCUT2D eigenvalue weighted by molar-refractivity contribution is -0.131. The lowest BCUT2D eigenvalue weighted by Crippen LogP contribution is -2.44. The van der Waals surface area contributed by atoms with Crippen LogP contribution in [-0.4, -0.2) is 5.91 Å². The van der Waals surface area contributed by atoms with Crippen molar-refractivity contribution in [2.75, 3.05) is 0 Å². The van der Waals surface area contributed by atoms with Gasteiger partial charge in [-0.1, -0.05) is 31.2 Å². The van der Waals surface area contributed by atoms with Crippen LogP contribution in [0.2, 0.25) is 0 Å². The van der Waals surface area contributed by atoms with Gasteiger partial charge in [-0.2, -0.15) is 5.26 Å². The molecule has 2 rings (SSSR count). The monoisotopic (exact) mass is 242 g/mol. The highest BCUT2D eigenvalue weighted by atomic mass is 16.2. The molecule has 1 fully saturated rings. The van der Waals surface area contributed by atoms with Crippen molar-refractivity contribution in [3.8, 4) is 6.07 Å². The smallest absolute Gasteiger partial charge is 0.240 e. The van der Waals surface area contributed by atoms with Crippen molar-refractivity contribution in [1.82, 2.24) is 5.32 Å². The number of amides is 1. The van der Waals surface area contributed by atoms with Crippen LogP contribution in [0.25, 0.3) is 0 Å². The molecular weight excluding hydrogens is 224 g/mol. The molecule has 1 saturated carbocycles. The summed E-state index contributed by atoms with van der Waals surface area (Å²) >= 11 is 0. The second-order valence-electron chi connectivity index (χ2n) is 4.85. The Morgan fingerprint density at radius 1 is 1.39 bits per heavy atom. The van der Waals surface area contributed by atoms with Gasteiger partial charge in [0.2, 0.25) is 5.91 Å². The molecule has 0 aromatic heterocycles. The molecule has 1 aromatic rings. The normalized spacial score (nSPS) is 16.4. The van der Waals surface area contributed by atoms with E-state index in [0.29, 0.717) is 19.4 Å². The fourth-order valence-corrected chi connectivity index (χ4v) is 2.34. The summed E-state index contributed by atoms with van der Waals surface area (Å²) in [6, 6.07) is 10.3. The zero-order chi connectivity index (χ0) is 13.0. The second-order valence-corrected chi connectivity index (χ2v) is 4.85. The molecule has 94 valence electrons. The van der Waals surface area contributed by atoms with Gasteiger partial charge < -0.3 is 5.32 Å². The molecule has 0 saturated heterocycles. The van der Waals surface area contributed by atoms with E-state index in [-0.39, 0.29) is 5.91 Å². The number of carbonyl (C=O) groups is 1. The number of rotatable bonds is 4. The molecule has 0 spiro atoms. The molecule has 0 aliphatic heterocycles. The molecule has 0 radical (unpaired) electrons. The molecule has 1 aliphatic rings. The Kier molecular flexibility index (Phi) is 3.66. The van der Waals surface area contributed by atoms with Gasteiger partial charge in [0.15, 0.2) is 0 Å². The van der Waals surface area contributed by atoms with E-state index in [0.717, 1.165) is 18.4 Å². The zero-order valence-electron chi connectivity index (χ0n) is 10.7. The van der Waals surface area contributed by atoms with Crippen LogP contribution in [-0.2, 0) is 17.8 Å². The van der Waals surface area contributed by atoms with E-state index in [1.165, 1.54) is 5.56 Å². The van der Waals surface area contributed by atoms with Crippen LogP contribution in [0.3, 0.4) is 0 Å². The van der Waals surface area contributed by atoms with Gasteiger partial charge in [0, 0.05) is 6.54 Å². The molecule has 1 N–H and O–H groups in total. The van der Waals surface area contributed by atoms with Gasteiger partial charge in [0.25, 0.3) is 0 Å². The lowest BCUT2D eigenvalue weighted by Gasteiger charge is -2.33. The number of nitrogens with zero attached hydrogens (tertiary/aromatic N) is 1. The van der Waals surface area contributed by atoms with Crippen molar-refractivity contribution in [2.24, 2.45) is 5.41 Å². The molecule has 1 aromatic carbocycles. The molecule has 3 nitrogen and oxygen atoms in total. The van der Waals surface area contributed by atoms with Crippen molar-refractivity contribution in [1.29, 1.82) is 5.26 Å². The lowest BCUT2D eigenvalue weighted by atomic mass is 9.69. The Hall–Kier alpha value is -1.82. The first-order chi connectivity index (χ1) is 8.72. The van der Waals surface area contributed by atoms with Gasteiger partial charge in [0.05, 0.1) is 6.07 Å². The summed E-state index contributed by atoms with van der Waals surface area (Å²) in [5.41, 5.74) is 1.64. The standard InChI is InChI=1S/C15H18N2O/c1-2-12-6-3-4-7-13(12)10-17-14(18)15(11-16)8-5-9-15/h3-4,6-7H,2,5,8-10H2,1H3,(H,17,18). The van der Waals surface area contributed by atoms with E-state index in [2.05, 4.69) is 24.4 Å². The molecular formula is C15H18N2O. The minimum absolute atomic E-state index is 0.109. The van der Waals surface area contributed by atoms with E-state index >= 15 is 0 Å². The highest BCUT2D eigenvalue weighted by Gasteiger charge is 2.44. The Bertz CT molecular complexity index is 484. The molecule has 3 heteroatoms. The number of hydrogen-bond donors (Lipinski definition) is 1. The summed E-state index contributed by atoms with van der Waals surface area (Å²) in [7, 11) is 0. The number of nitrogens with one attached hydrogen (secondary N) is 1. The van der Waals surface area contributed by atoms with Crippen molar-refractivity contribution in [3.05, 3.63) is 35.4 Å². The molecule has 0 heterocycles. The van der Waals surface area contributed by atoms with Gasteiger partial charge >= 0.3 is 0 Å². The average Bonchev–Trinajstić information content (AvgIpc) is 2.36. The maximum atomic E-state index is 12.0. The van der Waals surface area contributed by atoms with Crippen LogP contribution < -0.4 is 5.32 Å². The van der Waals surface area contributed by atoms with Crippen LogP contribution >= 0.6 is 0 Å². The molecule has 18 heavy (non-hydrogen) atoms. The summed E-state index contributed by atoms with van der Waals surface area (Å²) < 4.78 is 0. The quantitative estimate of drug-likeness (QED) is 0.882. The third-order valence-electron chi connectivity index (χ3n) is 3.79. The Morgan fingerprint density at radius 2 is 2.06 bits per heavy atom. The molecule has 1 aliphatic carbocycles. The van der Waals surface area contributed by atoms with E-state index in [1.807, 2.05) is 18.2 Å². The predicted molar refractivity (Wildman–Crippen MR) is 69.6 cm³/mol. The van der Waals surface area contributed by atoms with E-state index in [9.17, 15) is 4.79 Å². The van der Waals surface area contributed by atoms with Gasteiger partial charge in [-0.15, -0.1) is 0 Å². The predicted octanol–water partition coefficient (Wildman–Crippen LogP) is 2.56. The summed E-state index contributed by atoms with van der Waals surface area (Å²) in [5.74, 6) is -0.109. The van der Waals surface area contributed by atoms with Crippen LogP contribution in [0.15, 0.2) is 24.3 Å². The maximum absolute atomic E-state index is 12.0. The fourth-order valence-electron chi connectivity index (χ4n) is 2.34. The minimum atomic E-state index is -0.749. The van der Waals surface area contributed by atoms with Gasteiger partial charge in [-0.3, -0.25) is 4.79 Å². The van der Waals surface area contributed by atoms with Crippen molar-refractivity contribution < 1.29 is 4.79 Å². The minimum Gasteiger partial charge on any atom is -0.351 e. The van der Waals surface area contributed by atoms with E-state index in [1.54, 1.807) is 0 Å². The van der Waals surface area contributed by atoms with Crippen molar-refractivity contribution in [2.45, 2.75) is 39.2 Å². The first kappa shape index (κ1) is 12.6. The Morgan fingerprint density at radius 3 is 2.56 bits per heavy atom. The topological polar surface area (TPSA) is 52.9 Å². The third kappa shape index (κ3) is 2.24. The zero-order valence-corrected chi connectivity index (χ0v) is 10.7. The van der Waals surface area contributed by atoms with Crippen molar-refractivity contribution in [3.63, 3.8) is 0 Å². The second kappa shape index (κ2) is 5.22. The number of aryl methyl sites for hydroxylation is 1. The first-order valence-corrected chi connectivity index (χ1v) is 6.48. The highest BCUT2D eigenvalue weighted by Crippen LogP contribution is 2.40. The molecule has 0 bridgehead atoms. The van der Waals surface area contributed by atoms with Gasteiger partial charge in [-0.25, -0.2) is 0 Å². The summed E-state index contributed by atoms with van der Waals surface area (Å²) in [6.07, 6.45) is 3.33. The van der Waals surface area contributed by atoms with Crippen LogP contribution in [0, 0.1) is 16.7 Å². The first-order valence-electron chi connectivity index (χ1n) is 6.48. The van der Waals surface area contributed by atoms with Gasteiger partial charge in [0.1, 0.15) is 5.41 Å². The largest absolute Gasteiger partial charge is 0.351 e. The third-order valence-corrected chi connectivity index (χ3v) is 3.79. The van der Waals surface area contributed by atoms with E-state index in [4.69, 9.17) is 5.26 Å². The maximum Gasteiger partial charge on any atom is 0.240 e. The SMILES string of the molecule is CCc1ccccc1CNC(=O)C1(C#N)CCC1. The highest BCUT2D eigenvalue weighted by molar-refractivity contribution is 5.86. The summed E-state index contributed by atoms with van der Waals surface area (Å²) in [6.45, 7) is 2.62. The van der Waals surface area contributed by atoms with Crippen molar-refractivity contribution >= 4 is 5.91 Å². The van der Waals surface area contributed by atoms with Crippen LogP contribution in [0.1, 0.15) is 37.3 Å². The van der Waals surface area contributed by atoms with Crippen LogP contribution in [0.4, 0.5) is 0 Å². The van der Waals surface area contributed by atoms with E-state index < -0.39 is 5.41 Å². The fraction of sp³-hybridized carbons (Fsp3) is 0.467. The average molecular weight is 242 g/mol. The Labute approximate surface area is 108 Å². The molecule has 1 amide bonds. The molecule has 0 unspecified atom stereocenters. The van der Waals surface area contributed by atoms with Crippen LogP contribution in [0.5, 0.6) is 0 Å². The Balaban J connectivity index is 2.00.